The van der Waals surface area contributed by atoms with Gasteiger partial charge in [-0.3, -0.25) is 9.48 Å². The van der Waals surface area contributed by atoms with Crippen molar-refractivity contribution in [3.8, 4) is 11.3 Å². The van der Waals surface area contributed by atoms with Crippen LogP contribution in [-0.2, 0) is 5.54 Å². The zero-order valence-electron chi connectivity index (χ0n) is 15.8. The van der Waals surface area contributed by atoms with Crippen molar-refractivity contribution in [2.45, 2.75) is 45.7 Å². The summed E-state index contributed by atoms with van der Waals surface area (Å²) in [6, 6.07) is 7.68. The van der Waals surface area contributed by atoms with Crippen molar-refractivity contribution >= 4 is 17.5 Å². The van der Waals surface area contributed by atoms with Gasteiger partial charge in [0.15, 0.2) is 0 Å². The molecule has 1 amide bonds. The van der Waals surface area contributed by atoms with E-state index in [4.69, 9.17) is 16.7 Å². The van der Waals surface area contributed by atoms with Gasteiger partial charge >= 0.3 is 0 Å². The third-order valence-electron chi connectivity index (χ3n) is 4.88. The number of hydrogen-bond donors (Lipinski definition) is 2. The molecule has 1 saturated heterocycles. The molecule has 0 radical (unpaired) electrons. The van der Waals surface area contributed by atoms with E-state index in [-0.39, 0.29) is 17.5 Å². The van der Waals surface area contributed by atoms with Gasteiger partial charge in [0.05, 0.1) is 16.1 Å². The SMILES string of the molecule is CC1CNCCC1NC(=O)c1cn(C(C)(C)C)nc1-c1ccccc1Cl. The molecule has 2 aromatic rings. The first-order chi connectivity index (χ1) is 12.3. The van der Waals surface area contributed by atoms with E-state index in [1.165, 1.54) is 0 Å². The van der Waals surface area contributed by atoms with Crippen LogP contribution in [0.5, 0.6) is 0 Å². The van der Waals surface area contributed by atoms with Crippen LogP contribution >= 0.6 is 11.6 Å². The molecular weight excluding hydrogens is 348 g/mol. The Balaban J connectivity index is 1.98. The van der Waals surface area contributed by atoms with Crippen LogP contribution in [0.4, 0.5) is 0 Å². The Kier molecular flexibility index (Phi) is 5.39. The zero-order valence-corrected chi connectivity index (χ0v) is 16.6. The summed E-state index contributed by atoms with van der Waals surface area (Å²) in [5.41, 5.74) is 1.75. The number of halogens is 1. The standard InChI is InChI=1S/C20H27ClN4O/c1-13-11-22-10-9-17(13)23-19(26)15-12-25(20(2,3)4)24-18(15)14-7-5-6-8-16(14)21/h5-8,12-13,17,22H,9-11H2,1-4H3,(H,23,26). The molecule has 2 atom stereocenters. The molecule has 140 valence electrons. The van der Waals surface area contributed by atoms with Crippen molar-refractivity contribution in [3.05, 3.63) is 41.0 Å². The Bertz CT molecular complexity index is 793. The number of benzene rings is 1. The summed E-state index contributed by atoms with van der Waals surface area (Å²) in [6.45, 7) is 10.2. The third-order valence-corrected chi connectivity index (χ3v) is 5.21. The predicted molar refractivity (Wildman–Crippen MR) is 106 cm³/mol. The normalized spacial score (nSPS) is 20.8. The maximum Gasteiger partial charge on any atom is 0.255 e. The second-order valence-corrected chi connectivity index (χ2v) is 8.44. The number of nitrogens with zero attached hydrogens (tertiary/aromatic N) is 2. The molecule has 0 aliphatic carbocycles. The van der Waals surface area contributed by atoms with Gasteiger partial charge in [-0.1, -0.05) is 36.7 Å². The molecule has 0 saturated carbocycles. The molecule has 2 heterocycles. The number of piperidine rings is 1. The molecule has 2 unspecified atom stereocenters. The number of carbonyl (C=O) groups is 1. The van der Waals surface area contributed by atoms with E-state index in [2.05, 4.69) is 38.3 Å². The van der Waals surface area contributed by atoms with Crippen LogP contribution in [0.1, 0.15) is 44.5 Å². The first-order valence-electron chi connectivity index (χ1n) is 9.14. The summed E-state index contributed by atoms with van der Waals surface area (Å²) < 4.78 is 1.84. The van der Waals surface area contributed by atoms with E-state index >= 15 is 0 Å². The van der Waals surface area contributed by atoms with Crippen molar-refractivity contribution < 1.29 is 4.79 Å². The van der Waals surface area contributed by atoms with Gasteiger partial charge in [-0.25, -0.2) is 0 Å². The zero-order chi connectivity index (χ0) is 18.9. The van der Waals surface area contributed by atoms with Crippen molar-refractivity contribution in [2.24, 2.45) is 5.92 Å². The molecule has 26 heavy (non-hydrogen) atoms. The number of hydrogen-bond acceptors (Lipinski definition) is 3. The predicted octanol–water partition coefficient (Wildman–Crippen LogP) is 3.69. The van der Waals surface area contributed by atoms with Crippen LogP contribution in [0.15, 0.2) is 30.5 Å². The fourth-order valence-electron chi connectivity index (χ4n) is 3.21. The molecule has 5 nitrogen and oxygen atoms in total. The number of carbonyl (C=O) groups excluding carboxylic acids is 1. The lowest BCUT2D eigenvalue weighted by atomic mass is 9.95. The van der Waals surface area contributed by atoms with E-state index in [1.807, 2.05) is 35.1 Å². The summed E-state index contributed by atoms with van der Waals surface area (Å²) in [5, 5.41) is 11.9. The molecular formula is C20H27ClN4O. The lowest BCUT2D eigenvalue weighted by molar-refractivity contribution is 0.0914. The number of rotatable bonds is 3. The van der Waals surface area contributed by atoms with Crippen molar-refractivity contribution in [2.75, 3.05) is 13.1 Å². The second-order valence-electron chi connectivity index (χ2n) is 8.04. The smallest absolute Gasteiger partial charge is 0.255 e. The maximum atomic E-state index is 13.1. The second kappa shape index (κ2) is 7.41. The molecule has 1 aliphatic heterocycles. The molecule has 0 bridgehead atoms. The van der Waals surface area contributed by atoms with Crippen molar-refractivity contribution in [1.29, 1.82) is 0 Å². The lowest BCUT2D eigenvalue weighted by Crippen LogP contribution is -2.48. The largest absolute Gasteiger partial charge is 0.349 e. The van der Waals surface area contributed by atoms with E-state index in [1.54, 1.807) is 0 Å². The Morgan fingerprint density at radius 1 is 1.35 bits per heavy atom. The van der Waals surface area contributed by atoms with Crippen LogP contribution < -0.4 is 10.6 Å². The molecule has 1 aliphatic rings. The highest BCUT2D eigenvalue weighted by molar-refractivity contribution is 6.33. The Morgan fingerprint density at radius 3 is 2.73 bits per heavy atom. The summed E-state index contributed by atoms with van der Waals surface area (Å²) in [4.78, 5) is 13.1. The summed E-state index contributed by atoms with van der Waals surface area (Å²) in [6.07, 6.45) is 2.77. The molecule has 3 rings (SSSR count). The third kappa shape index (κ3) is 3.94. The minimum Gasteiger partial charge on any atom is -0.349 e. The van der Waals surface area contributed by atoms with E-state index in [0.717, 1.165) is 25.1 Å². The highest BCUT2D eigenvalue weighted by atomic mass is 35.5. The first-order valence-corrected chi connectivity index (χ1v) is 9.52. The molecule has 1 fully saturated rings. The van der Waals surface area contributed by atoms with Gasteiger partial charge in [-0.05, 0) is 52.3 Å². The van der Waals surface area contributed by atoms with Gasteiger partial charge in [0, 0.05) is 17.8 Å². The number of nitrogens with one attached hydrogen (secondary N) is 2. The van der Waals surface area contributed by atoms with Crippen LogP contribution in [0.25, 0.3) is 11.3 Å². The minimum absolute atomic E-state index is 0.0887. The van der Waals surface area contributed by atoms with Gasteiger partial charge in [-0.2, -0.15) is 5.10 Å². The van der Waals surface area contributed by atoms with Crippen molar-refractivity contribution in [3.63, 3.8) is 0 Å². The van der Waals surface area contributed by atoms with Gasteiger partial charge in [-0.15, -0.1) is 0 Å². The lowest BCUT2D eigenvalue weighted by Gasteiger charge is -2.30. The van der Waals surface area contributed by atoms with Gasteiger partial charge in [0.1, 0.15) is 5.69 Å². The molecule has 1 aromatic carbocycles. The Morgan fingerprint density at radius 2 is 2.08 bits per heavy atom. The first kappa shape index (κ1) is 18.9. The van der Waals surface area contributed by atoms with Gasteiger partial charge < -0.3 is 10.6 Å². The topological polar surface area (TPSA) is 58.9 Å². The number of amides is 1. The monoisotopic (exact) mass is 374 g/mol. The number of aromatic nitrogens is 2. The summed E-state index contributed by atoms with van der Waals surface area (Å²) in [7, 11) is 0. The Labute approximate surface area is 160 Å². The molecule has 6 heteroatoms. The molecule has 0 spiro atoms. The fraction of sp³-hybridized carbons (Fsp3) is 0.500. The van der Waals surface area contributed by atoms with Crippen LogP contribution in [0, 0.1) is 5.92 Å². The highest BCUT2D eigenvalue weighted by Crippen LogP contribution is 2.31. The molecule has 2 N–H and O–H groups in total. The van der Waals surface area contributed by atoms with Crippen LogP contribution in [0.2, 0.25) is 5.02 Å². The van der Waals surface area contributed by atoms with E-state index < -0.39 is 0 Å². The van der Waals surface area contributed by atoms with E-state index in [9.17, 15) is 4.79 Å². The highest BCUT2D eigenvalue weighted by Gasteiger charge is 2.27. The van der Waals surface area contributed by atoms with Crippen molar-refractivity contribution in [1.82, 2.24) is 20.4 Å². The fourth-order valence-corrected chi connectivity index (χ4v) is 3.44. The summed E-state index contributed by atoms with van der Waals surface area (Å²) in [5.74, 6) is 0.309. The molecule has 1 aromatic heterocycles. The van der Waals surface area contributed by atoms with Crippen LogP contribution in [0.3, 0.4) is 0 Å². The van der Waals surface area contributed by atoms with Gasteiger partial charge in [0.25, 0.3) is 5.91 Å². The van der Waals surface area contributed by atoms with Crippen LogP contribution in [-0.4, -0.2) is 34.8 Å². The average molecular weight is 375 g/mol. The summed E-state index contributed by atoms with van der Waals surface area (Å²) >= 11 is 6.38. The maximum absolute atomic E-state index is 13.1. The minimum atomic E-state index is -0.226. The Hall–Kier alpha value is -1.85. The average Bonchev–Trinajstić information content (AvgIpc) is 3.03. The van der Waals surface area contributed by atoms with Gasteiger partial charge in [0.2, 0.25) is 0 Å². The quantitative estimate of drug-likeness (QED) is 0.861. The van der Waals surface area contributed by atoms with E-state index in [0.29, 0.717) is 22.2 Å².